The van der Waals surface area contributed by atoms with Crippen LogP contribution in [0, 0.1) is 0 Å². The highest BCUT2D eigenvalue weighted by molar-refractivity contribution is 5.97. The first-order valence-electron chi connectivity index (χ1n) is 1.85. The topological polar surface area (TPSA) is 12.4 Å². The Hall–Kier alpha value is -0.330. The first kappa shape index (κ1) is 2.88. The molecule has 0 aromatic heterocycles. The minimum atomic E-state index is 0.593. The normalized spacial score (nSPS) is 33.2. The van der Waals surface area contributed by atoms with E-state index in [-0.39, 0.29) is 0 Å². The van der Waals surface area contributed by atoms with Gasteiger partial charge in [-0.25, -0.2) is 0 Å². The van der Waals surface area contributed by atoms with Gasteiger partial charge in [0.1, 0.15) is 0 Å². The molecule has 0 fully saturated rings. The van der Waals surface area contributed by atoms with E-state index < -0.39 is 0 Å². The Bertz CT molecular complexity index is 73.7. The third-order valence-corrected chi connectivity index (χ3v) is 0.934. The van der Waals surface area contributed by atoms with E-state index in [9.17, 15) is 0 Å². The van der Waals surface area contributed by atoms with Crippen LogP contribution >= 0.6 is 0 Å². The second kappa shape index (κ2) is 0.588. The Labute approximate surface area is 31.7 Å². The van der Waals surface area contributed by atoms with Gasteiger partial charge in [0, 0.05) is 5.71 Å². The molecule has 0 aromatic carbocycles. The highest BCUT2D eigenvalue weighted by atomic mass is 14.9. The molecule has 1 heteroatoms. The van der Waals surface area contributed by atoms with Crippen LogP contribution in [0.25, 0.3) is 0 Å². The van der Waals surface area contributed by atoms with Gasteiger partial charge in [-0.3, -0.25) is 4.99 Å². The quantitative estimate of drug-likeness (QED) is 0.400. The van der Waals surface area contributed by atoms with Crippen molar-refractivity contribution in [1.82, 2.24) is 0 Å². The number of hydrogen-bond donors (Lipinski definition) is 0. The molecule has 0 N–H and O–H groups in total. The van der Waals surface area contributed by atoms with Crippen LogP contribution in [0.4, 0.5) is 0 Å². The summed E-state index contributed by atoms with van der Waals surface area (Å²) in [5.74, 6) is 0. The van der Waals surface area contributed by atoms with Gasteiger partial charge in [0.05, 0.1) is 6.04 Å². The van der Waals surface area contributed by atoms with Crippen molar-refractivity contribution >= 4 is 5.71 Å². The smallest absolute Gasteiger partial charge is 0.0845 e. The first-order chi connectivity index (χ1) is 2.30. The van der Waals surface area contributed by atoms with Gasteiger partial charge in [0.15, 0.2) is 0 Å². The Balaban J connectivity index is 2.38. The zero-order valence-electron chi connectivity index (χ0n) is 3.52. The molecule has 0 bridgehead atoms. The van der Waals surface area contributed by atoms with E-state index >= 15 is 0 Å². The molecule has 0 radical (unpaired) electrons. The molecule has 0 amide bonds. The molecule has 1 rings (SSSR count). The van der Waals surface area contributed by atoms with Crippen LogP contribution in [-0.4, -0.2) is 11.8 Å². The molecular formula is C4H7N. The zero-order valence-corrected chi connectivity index (χ0v) is 3.52. The zero-order chi connectivity index (χ0) is 3.86. The summed E-state index contributed by atoms with van der Waals surface area (Å²) in [5, 5.41) is 0. The molecule has 1 atom stereocenters. The molecular weight excluding hydrogens is 62.1 g/mol. The van der Waals surface area contributed by atoms with Crippen LogP contribution in [0.15, 0.2) is 4.99 Å². The van der Waals surface area contributed by atoms with Gasteiger partial charge in [-0.05, 0) is 13.8 Å². The van der Waals surface area contributed by atoms with Crippen molar-refractivity contribution < 1.29 is 0 Å². The Kier molecular flexibility index (Phi) is 0.339. The Morgan fingerprint density at radius 2 is 2.00 bits per heavy atom. The molecule has 1 unspecified atom stereocenters. The van der Waals surface area contributed by atoms with Crippen molar-refractivity contribution in [1.29, 1.82) is 0 Å². The maximum atomic E-state index is 3.97. The van der Waals surface area contributed by atoms with E-state index in [2.05, 4.69) is 11.9 Å². The predicted octanol–water partition coefficient (Wildman–Crippen LogP) is 0.849. The fourth-order valence-corrected chi connectivity index (χ4v) is 0.268. The Morgan fingerprint density at radius 1 is 1.80 bits per heavy atom. The monoisotopic (exact) mass is 69.1 g/mol. The number of hydrogen-bond acceptors (Lipinski definition) is 1. The van der Waals surface area contributed by atoms with Gasteiger partial charge in [0.25, 0.3) is 0 Å². The second-order valence-electron chi connectivity index (χ2n) is 1.45. The Morgan fingerprint density at radius 3 is 2.00 bits per heavy atom. The van der Waals surface area contributed by atoms with E-state index in [4.69, 9.17) is 0 Å². The lowest BCUT2D eigenvalue weighted by atomic mass is 10.4. The van der Waals surface area contributed by atoms with Crippen molar-refractivity contribution in [2.75, 3.05) is 0 Å². The summed E-state index contributed by atoms with van der Waals surface area (Å²) in [6.45, 7) is 4.14. The van der Waals surface area contributed by atoms with Gasteiger partial charge in [-0.1, -0.05) is 0 Å². The third kappa shape index (κ3) is 0.318. The van der Waals surface area contributed by atoms with Crippen molar-refractivity contribution in [3.63, 3.8) is 0 Å². The molecule has 5 heavy (non-hydrogen) atoms. The van der Waals surface area contributed by atoms with Crippen molar-refractivity contribution in [3.8, 4) is 0 Å². The summed E-state index contributed by atoms with van der Waals surface area (Å²) in [7, 11) is 0. The maximum Gasteiger partial charge on any atom is 0.0845 e. The van der Waals surface area contributed by atoms with Crippen LogP contribution in [0.1, 0.15) is 13.8 Å². The average molecular weight is 69.1 g/mol. The summed E-state index contributed by atoms with van der Waals surface area (Å²) in [5.41, 5.74) is 1.30. The van der Waals surface area contributed by atoms with Crippen molar-refractivity contribution in [2.45, 2.75) is 19.9 Å². The minimum absolute atomic E-state index is 0.593. The second-order valence-corrected chi connectivity index (χ2v) is 1.45. The molecule has 1 heterocycles. The maximum absolute atomic E-state index is 3.97. The van der Waals surface area contributed by atoms with Crippen molar-refractivity contribution in [2.24, 2.45) is 4.99 Å². The molecule has 1 aliphatic heterocycles. The molecule has 0 saturated heterocycles. The van der Waals surface area contributed by atoms with Crippen LogP contribution in [-0.2, 0) is 0 Å². The van der Waals surface area contributed by atoms with Crippen molar-refractivity contribution in [3.05, 3.63) is 0 Å². The summed E-state index contributed by atoms with van der Waals surface area (Å²) < 4.78 is 0. The molecule has 0 saturated carbocycles. The fourth-order valence-electron chi connectivity index (χ4n) is 0.268. The van der Waals surface area contributed by atoms with E-state index in [0.29, 0.717) is 6.04 Å². The number of rotatable bonds is 0. The lowest BCUT2D eigenvalue weighted by molar-refractivity contribution is 1.14. The summed E-state index contributed by atoms with van der Waals surface area (Å²) in [6.07, 6.45) is 0. The lowest BCUT2D eigenvalue weighted by Gasteiger charge is -1.63. The highest BCUT2D eigenvalue weighted by Crippen LogP contribution is 2.07. The SMILES string of the molecule is CC1=NC1C. The van der Waals surface area contributed by atoms with Crippen LogP contribution in [0.2, 0.25) is 0 Å². The lowest BCUT2D eigenvalue weighted by Crippen LogP contribution is -1.79. The fraction of sp³-hybridized carbons (Fsp3) is 0.750. The number of aliphatic imine (C=N–C) groups is 1. The molecule has 28 valence electrons. The standard InChI is InChI=1S/C4H7N/c1-3-4(2)5-3/h3H,1-2H3. The largest absolute Gasteiger partial charge is 0.283 e. The summed E-state index contributed by atoms with van der Waals surface area (Å²) in [6, 6.07) is 0.593. The van der Waals surface area contributed by atoms with Crippen LogP contribution < -0.4 is 0 Å². The van der Waals surface area contributed by atoms with Gasteiger partial charge >= 0.3 is 0 Å². The third-order valence-electron chi connectivity index (χ3n) is 0.934. The van der Waals surface area contributed by atoms with E-state index in [0.717, 1.165) is 0 Å². The van der Waals surface area contributed by atoms with E-state index in [1.165, 1.54) is 5.71 Å². The van der Waals surface area contributed by atoms with E-state index in [1.54, 1.807) is 0 Å². The minimum Gasteiger partial charge on any atom is -0.283 e. The van der Waals surface area contributed by atoms with Gasteiger partial charge in [-0.2, -0.15) is 0 Å². The highest BCUT2D eigenvalue weighted by Gasteiger charge is 2.13. The number of nitrogens with zero attached hydrogens (tertiary/aromatic N) is 1. The predicted molar refractivity (Wildman–Crippen MR) is 22.6 cm³/mol. The van der Waals surface area contributed by atoms with Gasteiger partial charge < -0.3 is 0 Å². The molecule has 0 aromatic rings. The molecule has 1 aliphatic rings. The average Bonchev–Trinajstić information content (AvgIpc) is 1.79. The molecule has 0 spiro atoms. The van der Waals surface area contributed by atoms with Gasteiger partial charge in [0.2, 0.25) is 0 Å². The van der Waals surface area contributed by atoms with Gasteiger partial charge in [-0.15, -0.1) is 0 Å². The van der Waals surface area contributed by atoms with Crippen LogP contribution in [0.3, 0.4) is 0 Å². The molecule has 1 nitrogen and oxygen atoms in total. The first-order valence-corrected chi connectivity index (χ1v) is 1.85. The molecule has 0 aliphatic carbocycles. The summed E-state index contributed by atoms with van der Waals surface area (Å²) in [4.78, 5) is 3.97. The van der Waals surface area contributed by atoms with Crippen LogP contribution in [0.5, 0.6) is 0 Å². The van der Waals surface area contributed by atoms with E-state index in [1.807, 2.05) is 6.92 Å². The summed E-state index contributed by atoms with van der Waals surface area (Å²) >= 11 is 0.